The molecule has 1 aromatic carbocycles. The van der Waals surface area contributed by atoms with E-state index >= 15 is 0 Å². The number of piperidine rings is 1. The van der Waals surface area contributed by atoms with E-state index in [1.807, 2.05) is 0 Å². The molecule has 29 heavy (non-hydrogen) atoms. The van der Waals surface area contributed by atoms with Crippen molar-refractivity contribution in [1.29, 1.82) is 0 Å². The van der Waals surface area contributed by atoms with E-state index in [4.69, 9.17) is 9.26 Å². The summed E-state index contributed by atoms with van der Waals surface area (Å²) in [5.41, 5.74) is 0.503. The van der Waals surface area contributed by atoms with Crippen molar-refractivity contribution in [3.05, 3.63) is 41.7 Å². The minimum atomic E-state index is -0.303. The van der Waals surface area contributed by atoms with Gasteiger partial charge < -0.3 is 24.4 Å². The summed E-state index contributed by atoms with van der Waals surface area (Å²) in [6, 6.07) is 8.65. The molecular formula is C21H29N4O4+. The maximum Gasteiger partial charge on any atom is 0.254 e. The van der Waals surface area contributed by atoms with Gasteiger partial charge in [0.05, 0.1) is 33.3 Å². The number of methoxy groups -OCH3 is 1. The summed E-state index contributed by atoms with van der Waals surface area (Å²) in [4.78, 5) is 28.7. The van der Waals surface area contributed by atoms with Crippen molar-refractivity contribution in [2.75, 3.05) is 45.2 Å². The fraction of sp³-hybridized carbons (Fsp3) is 0.476. The highest BCUT2D eigenvalue weighted by molar-refractivity contribution is 5.99. The zero-order valence-corrected chi connectivity index (χ0v) is 17.1. The van der Waals surface area contributed by atoms with Crippen LogP contribution in [0.3, 0.4) is 0 Å². The summed E-state index contributed by atoms with van der Waals surface area (Å²) in [6.45, 7) is 5.28. The first-order valence-electron chi connectivity index (χ1n) is 10.0. The first kappa shape index (κ1) is 20.9. The van der Waals surface area contributed by atoms with Gasteiger partial charge >= 0.3 is 0 Å². The second-order valence-electron chi connectivity index (χ2n) is 7.39. The fourth-order valence-electron chi connectivity index (χ4n) is 3.57. The van der Waals surface area contributed by atoms with Crippen LogP contribution < -0.4 is 15.0 Å². The summed E-state index contributed by atoms with van der Waals surface area (Å²) in [5, 5.41) is 6.47. The summed E-state index contributed by atoms with van der Waals surface area (Å²) in [5.74, 6) is 1.08. The van der Waals surface area contributed by atoms with E-state index in [1.54, 1.807) is 49.3 Å². The van der Waals surface area contributed by atoms with Gasteiger partial charge in [-0.2, -0.15) is 0 Å². The van der Waals surface area contributed by atoms with Crippen LogP contribution >= 0.6 is 0 Å². The van der Waals surface area contributed by atoms with Crippen LogP contribution in [0.2, 0.25) is 0 Å². The average molecular weight is 401 g/mol. The predicted molar refractivity (Wildman–Crippen MR) is 108 cm³/mol. The lowest BCUT2D eigenvalue weighted by molar-refractivity contribution is -0.904. The molecular weight excluding hydrogens is 372 g/mol. The molecule has 0 radical (unpaired) electrons. The van der Waals surface area contributed by atoms with Crippen LogP contribution in [-0.2, 0) is 4.79 Å². The minimum absolute atomic E-state index is 0.0464. The van der Waals surface area contributed by atoms with Gasteiger partial charge in [-0.15, -0.1) is 0 Å². The minimum Gasteiger partial charge on any atom is -0.497 e. The molecule has 2 amide bonds. The van der Waals surface area contributed by atoms with Crippen LogP contribution in [0.1, 0.15) is 35.4 Å². The van der Waals surface area contributed by atoms with Crippen molar-refractivity contribution < 1.29 is 23.7 Å². The van der Waals surface area contributed by atoms with E-state index in [-0.39, 0.29) is 18.4 Å². The first-order valence-corrected chi connectivity index (χ1v) is 10.0. The SMILES string of the molecule is COc1cccc(C(=O)N(CC[NH+]2CCCCC2)CC(=O)Nc2cc(C)on2)c1. The Labute approximate surface area is 170 Å². The largest absolute Gasteiger partial charge is 0.497 e. The van der Waals surface area contributed by atoms with Crippen molar-refractivity contribution in [3.8, 4) is 5.75 Å². The van der Waals surface area contributed by atoms with Crippen LogP contribution in [-0.4, -0.2) is 61.7 Å². The number of carbonyl (C=O) groups excluding carboxylic acids is 2. The predicted octanol–water partition coefficient (Wildman–Crippen LogP) is 1.14. The zero-order valence-electron chi connectivity index (χ0n) is 17.1. The van der Waals surface area contributed by atoms with Gasteiger partial charge in [-0.25, -0.2) is 0 Å². The maximum atomic E-state index is 13.1. The molecule has 2 aromatic rings. The Bertz CT molecular complexity index is 830. The lowest BCUT2D eigenvalue weighted by atomic mass is 10.1. The number of quaternary nitrogens is 1. The van der Waals surface area contributed by atoms with Gasteiger partial charge in [0.15, 0.2) is 5.82 Å². The van der Waals surface area contributed by atoms with Gasteiger partial charge in [-0.1, -0.05) is 11.2 Å². The Morgan fingerprint density at radius 3 is 2.72 bits per heavy atom. The lowest BCUT2D eigenvalue weighted by Crippen LogP contribution is -3.13. The molecule has 1 aromatic heterocycles. The highest BCUT2D eigenvalue weighted by Gasteiger charge is 2.23. The number of aryl methyl sites for hydroxylation is 1. The molecule has 0 atom stereocenters. The Hall–Kier alpha value is -2.87. The van der Waals surface area contributed by atoms with Gasteiger partial charge in [0, 0.05) is 11.6 Å². The molecule has 1 saturated heterocycles. The number of nitrogens with one attached hydrogen (secondary N) is 2. The normalized spacial score (nSPS) is 14.4. The Morgan fingerprint density at radius 1 is 1.24 bits per heavy atom. The van der Waals surface area contributed by atoms with Crippen molar-refractivity contribution in [3.63, 3.8) is 0 Å². The smallest absolute Gasteiger partial charge is 0.254 e. The summed E-state index contributed by atoms with van der Waals surface area (Å²) in [6.07, 6.45) is 3.70. The molecule has 0 spiro atoms. The molecule has 8 heteroatoms. The number of nitrogens with zero attached hydrogens (tertiary/aromatic N) is 2. The molecule has 0 aliphatic carbocycles. The van der Waals surface area contributed by atoms with Crippen molar-refractivity contribution in [2.24, 2.45) is 0 Å². The van der Waals surface area contributed by atoms with Crippen molar-refractivity contribution >= 4 is 17.6 Å². The second-order valence-corrected chi connectivity index (χ2v) is 7.39. The number of hydrogen-bond acceptors (Lipinski definition) is 5. The lowest BCUT2D eigenvalue weighted by Gasteiger charge is -2.27. The van der Waals surface area contributed by atoms with Crippen LogP contribution in [0.25, 0.3) is 0 Å². The summed E-state index contributed by atoms with van der Waals surface area (Å²) >= 11 is 0. The topological polar surface area (TPSA) is 89.1 Å². The molecule has 0 bridgehead atoms. The monoisotopic (exact) mass is 401 g/mol. The van der Waals surface area contributed by atoms with Gasteiger partial charge in [0.25, 0.3) is 5.91 Å². The molecule has 8 nitrogen and oxygen atoms in total. The number of ether oxygens (including phenoxy) is 1. The van der Waals surface area contributed by atoms with Crippen LogP contribution in [0.4, 0.5) is 5.82 Å². The molecule has 1 aliphatic rings. The van der Waals surface area contributed by atoms with Crippen LogP contribution in [0.15, 0.2) is 34.9 Å². The number of amides is 2. The van der Waals surface area contributed by atoms with Crippen molar-refractivity contribution in [1.82, 2.24) is 10.1 Å². The molecule has 2 heterocycles. The fourth-order valence-corrected chi connectivity index (χ4v) is 3.57. The third kappa shape index (κ3) is 6.05. The number of hydrogen-bond donors (Lipinski definition) is 2. The quantitative estimate of drug-likeness (QED) is 0.693. The number of anilines is 1. The zero-order chi connectivity index (χ0) is 20.6. The van der Waals surface area contributed by atoms with Gasteiger partial charge in [-0.05, 0) is 44.4 Å². The highest BCUT2D eigenvalue weighted by Crippen LogP contribution is 2.15. The van der Waals surface area contributed by atoms with Crippen molar-refractivity contribution in [2.45, 2.75) is 26.2 Å². The van der Waals surface area contributed by atoms with E-state index in [1.165, 1.54) is 24.2 Å². The van der Waals surface area contributed by atoms with E-state index in [9.17, 15) is 9.59 Å². The third-order valence-electron chi connectivity index (χ3n) is 5.13. The van der Waals surface area contributed by atoms with E-state index < -0.39 is 0 Å². The summed E-state index contributed by atoms with van der Waals surface area (Å²) in [7, 11) is 1.56. The molecule has 0 unspecified atom stereocenters. The van der Waals surface area contributed by atoms with E-state index in [2.05, 4.69) is 10.5 Å². The van der Waals surface area contributed by atoms with Crippen LogP contribution in [0, 0.1) is 6.92 Å². The highest BCUT2D eigenvalue weighted by atomic mass is 16.5. The third-order valence-corrected chi connectivity index (χ3v) is 5.13. The number of likely N-dealkylation sites (tertiary alicyclic amines) is 1. The number of aromatic nitrogens is 1. The van der Waals surface area contributed by atoms with Crippen LogP contribution in [0.5, 0.6) is 5.75 Å². The van der Waals surface area contributed by atoms with Gasteiger partial charge in [0.1, 0.15) is 18.1 Å². The molecule has 0 saturated carbocycles. The molecule has 1 aliphatic heterocycles. The molecule has 3 rings (SSSR count). The summed E-state index contributed by atoms with van der Waals surface area (Å²) < 4.78 is 10.2. The average Bonchev–Trinajstić information content (AvgIpc) is 3.15. The Kier molecular flexibility index (Phi) is 7.24. The molecule has 156 valence electrons. The second kappa shape index (κ2) is 10.1. The first-order chi connectivity index (χ1) is 14.0. The standard InChI is InChI=1S/C21H28N4O4/c1-16-13-19(23-29-16)22-20(26)15-25(12-11-24-9-4-3-5-10-24)21(27)17-7-6-8-18(14-17)28-2/h6-8,13-14H,3-5,9-12,15H2,1-2H3,(H,22,23,26)/p+1. The number of rotatable bonds is 8. The van der Waals surface area contributed by atoms with E-state index in [0.29, 0.717) is 29.4 Å². The number of benzene rings is 1. The van der Waals surface area contributed by atoms with Gasteiger partial charge in [0.2, 0.25) is 5.91 Å². The van der Waals surface area contributed by atoms with E-state index in [0.717, 1.165) is 19.6 Å². The van der Waals surface area contributed by atoms with Gasteiger partial charge in [-0.3, -0.25) is 9.59 Å². The molecule has 2 N–H and O–H groups in total. The maximum absolute atomic E-state index is 13.1. The molecule has 1 fully saturated rings. The number of carbonyl (C=O) groups is 2. The Morgan fingerprint density at radius 2 is 2.03 bits per heavy atom. The Balaban J connectivity index is 1.68.